The van der Waals surface area contributed by atoms with Crippen LogP contribution in [0, 0.1) is 0 Å². The van der Waals surface area contributed by atoms with E-state index in [1.807, 2.05) is 0 Å². The van der Waals surface area contributed by atoms with Crippen LogP contribution in [-0.4, -0.2) is 74.6 Å². The van der Waals surface area contributed by atoms with Gasteiger partial charge in [0.15, 0.2) is 0 Å². The van der Waals surface area contributed by atoms with E-state index in [2.05, 4.69) is 139 Å². The fraction of sp³-hybridized carbons (Fsp3) is 0.571. The molecule has 0 aromatic heterocycles. The van der Waals surface area contributed by atoms with E-state index in [9.17, 15) is 0 Å². The molecule has 2 aromatic rings. The summed E-state index contributed by atoms with van der Waals surface area (Å²) in [7, 11) is -5.51. The summed E-state index contributed by atoms with van der Waals surface area (Å²) in [5, 5.41) is 0. The van der Waals surface area contributed by atoms with Crippen LogP contribution in [0.4, 0.5) is 0 Å². The van der Waals surface area contributed by atoms with Crippen molar-refractivity contribution in [3.8, 4) is 0 Å². The zero-order valence-corrected chi connectivity index (χ0v) is 33.9. The summed E-state index contributed by atoms with van der Waals surface area (Å²) in [5.41, 5.74) is 0. The van der Waals surface area contributed by atoms with Gasteiger partial charge in [0.25, 0.3) is 0 Å². The SMILES string of the molecule is C[Si](C)(C)[C](CC[C]([Sn][c]1ccccc1)([Si](C)(C)C)[Si](C)(C)C)([Sn][c]1ccccc1)[Si](C)(C)C. The van der Waals surface area contributed by atoms with Crippen molar-refractivity contribution in [2.45, 2.75) is 96.8 Å². The molecular weight excluding hydrogens is 686 g/mol. The monoisotopic (exact) mass is 738 g/mol. The van der Waals surface area contributed by atoms with Gasteiger partial charge in [0.2, 0.25) is 0 Å². The molecule has 2 rings (SSSR count). The summed E-state index contributed by atoms with van der Waals surface area (Å²) in [5.74, 6) is 0. The van der Waals surface area contributed by atoms with Crippen molar-refractivity contribution >= 4 is 81.7 Å². The van der Waals surface area contributed by atoms with Crippen molar-refractivity contribution in [1.29, 1.82) is 0 Å². The number of rotatable bonds is 11. The van der Waals surface area contributed by atoms with Gasteiger partial charge in [-0.3, -0.25) is 0 Å². The van der Waals surface area contributed by atoms with E-state index in [0.717, 1.165) is 0 Å². The van der Waals surface area contributed by atoms with Crippen molar-refractivity contribution in [3.05, 3.63) is 60.7 Å². The number of hydrogen-bond acceptors (Lipinski definition) is 0. The van der Waals surface area contributed by atoms with Crippen LogP contribution >= 0.6 is 0 Å². The molecule has 34 heavy (non-hydrogen) atoms. The maximum atomic E-state index is 2.73. The molecule has 0 spiro atoms. The van der Waals surface area contributed by atoms with Gasteiger partial charge in [0.1, 0.15) is 0 Å². The topological polar surface area (TPSA) is 0 Å². The summed E-state index contributed by atoms with van der Waals surface area (Å²) in [6.45, 7) is 32.8. The third kappa shape index (κ3) is 6.85. The normalized spacial score (nSPS) is 14.4. The minimum absolute atomic E-state index is 0.686. The Hall–Kier alpha value is 0.905. The Morgan fingerprint density at radius 1 is 0.441 bits per heavy atom. The molecule has 4 radical (unpaired) electrons. The van der Waals surface area contributed by atoms with E-state index in [4.69, 9.17) is 0 Å². The fourth-order valence-corrected chi connectivity index (χ4v) is 52.5. The van der Waals surface area contributed by atoms with E-state index in [1.165, 1.54) is 12.8 Å². The molecule has 0 nitrogen and oxygen atoms in total. The predicted molar refractivity (Wildman–Crippen MR) is 172 cm³/mol. The summed E-state index contributed by atoms with van der Waals surface area (Å²) >= 11 is -1.48. The Balaban J connectivity index is 2.65. The van der Waals surface area contributed by atoms with Gasteiger partial charge in [-0.1, -0.05) is 0 Å². The molecule has 0 aliphatic carbocycles. The summed E-state index contributed by atoms with van der Waals surface area (Å²) in [6, 6.07) is 23.5. The first kappa shape index (κ1) is 31.1. The van der Waals surface area contributed by atoms with Crippen molar-refractivity contribution in [2.24, 2.45) is 0 Å². The third-order valence-corrected chi connectivity index (χ3v) is 65.0. The number of benzene rings is 2. The summed E-state index contributed by atoms with van der Waals surface area (Å²) in [4.78, 5) is 0. The van der Waals surface area contributed by atoms with Gasteiger partial charge in [-0.15, -0.1) is 0 Å². The Bertz CT molecular complexity index is 796. The van der Waals surface area contributed by atoms with Crippen molar-refractivity contribution in [1.82, 2.24) is 0 Å². The predicted octanol–water partition coefficient (Wildman–Crippen LogP) is 7.65. The molecule has 0 aliphatic heterocycles. The van der Waals surface area contributed by atoms with Gasteiger partial charge in [0, 0.05) is 0 Å². The van der Waals surface area contributed by atoms with Crippen LogP contribution in [0.1, 0.15) is 12.8 Å². The van der Waals surface area contributed by atoms with Gasteiger partial charge in [-0.05, 0) is 0 Å². The molecule has 0 unspecified atom stereocenters. The Morgan fingerprint density at radius 3 is 0.882 bits per heavy atom. The van der Waals surface area contributed by atoms with Gasteiger partial charge in [-0.2, -0.15) is 0 Å². The van der Waals surface area contributed by atoms with Crippen LogP contribution in [0.15, 0.2) is 60.7 Å². The first-order chi connectivity index (χ1) is 15.4. The minimum atomic E-state index is -1.38. The molecule has 0 fully saturated rings. The van der Waals surface area contributed by atoms with Crippen LogP contribution in [0.3, 0.4) is 0 Å². The maximum absolute atomic E-state index is 2.73. The average Bonchev–Trinajstić information content (AvgIpc) is 2.68. The molecule has 0 saturated carbocycles. The molecule has 0 atom stereocenters. The van der Waals surface area contributed by atoms with Crippen molar-refractivity contribution in [3.63, 3.8) is 0 Å². The second-order valence-corrected chi connectivity index (χ2v) is 52.0. The molecule has 0 bridgehead atoms. The first-order valence-electron chi connectivity index (χ1n) is 13.0. The summed E-state index contributed by atoms with van der Waals surface area (Å²) in [6.07, 6.45) is 3.06. The molecule has 0 N–H and O–H groups in total. The van der Waals surface area contributed by atoms with E-state index in [-0.39, 0.29) is 0 Å². The quantitative estimate of drug-likeness (QED) is 0.208. The van der Waals surface area contributed by atoms with Crippen LogP contribution < -0.4 is 7.16 Å². The Morgan fingerprint density at radius 2 is 0.676 bits per heavy atom. The molecule has 0 aliphatic rings. The molecule has 186 valence electrons. The molecule has 0 amide bonds. The third-order valence-electron chi connectivity index (χ3n) is 8.26. The van der Waals surface area contributed by atoms with Crippen molar-refractivity contribution in [2.75, 3.05) is 0 Å². The average molecular weight is 736 g/mol. The van der Waals surface area contributed by atoms with Crippen molar-refractivity contribution < 1.29 is 0 Å². The van der Waals surface area contributed by atoms with Crippen LogP contribution in [0.25, 0.3) is 0 Å². The summed E-state index contributed by atoms with van der Waals surface area (Å²) < 4.78 is 4.85. The molecule has 0 saturated heterocycles. The van der Waals surface area contributed by atoms with Crippen LogP contribution in [-0.2, 0) is 0 Å². The van der Waals surface area contributed by atoms with E-state index >= 15 is 0 Å². The van der Waals surface area contributed by atoms with Gasteiger partial charge in [0.05, 0.1) is 0 Å². The molecule has 6 heteroatoms. The zero-order valence-electron chi connectivity index (χ0n) is 24.2. The van der Waals surface area contributed by atoms with Gasteiger partial charge in [-0.25, -0.2) is 0 Å². The molecule has 0 heterocycles. The Labute approximate surface area is 237 Å². The zero-order chi connectivity index (χ0) is 26.1. The number of hydrogen-bond donors (Lipinski definition) is 0. The van der Waals surface area contributed by atoms with E-state index in [1.54, 1.807) is 7.16 Å². The molecular formula is C28H50Si4Sn2. The second kappa shape index (κ2) is 11.3. The van der Waals surface area contributed by atoms with Gasteiger partial charge < -0.3 is 0 Å². The van der Waals surface area contributed by atoms with E-state index in [0.29, 0.717) is 5.35 Å². The Kier molecular flexibility index (Phi) is 10.4. The van der Waals surface area contributed by atoms with Crippen LogP contribution in [0.2, 0.25) is 83.9 Å². The molecule has 2 aromatic carbocycles. The van der Waals surface area contributed by atoms with E-state index < -0.39 is 74.6 Å². The van der Waals surface area contributed by atoms with Crippen LogP contribution in [0.5, 0.6) is 0 Å². The standard InChI is InChI=1S/C16H40Si4.2C6H5.2Sn/c1-17(2,3)15(18(4,5)6)13-14-16(19(7,8)9)20(10,11)12;2*1-2-4-6-5-3-1;;/h13-14H2,1-12H3;2*1-5H;;. The second-order valence-electron chi connectivity index (χ2n) is 14.3. The van der Waals surface area contributed by atoms with Gasteiger partial charge >= 0.3 is 239 Å². The first-order valence-corrected chi connectivity index (χ1v) is 32.7. The fourth-order valence-electron chi connectivity index (χ4n) is 6.54.